The van der Waals surface area contributed by atoms with Crippen LogP contribution in [0.4, 0.5) is 10.6 Å². The van der Waals surface area contributed by atoms with Crippen LogP contribution in [0.25, 0.3) is 0 Å². The van der Waals surface area contributed by atoms with E-state index in [1.165, 1.54) is 0 Å². The second-order valence-electron chi connectivity index (χ2n) is 4.73. The summed E-state index contributed by atoms with van der Waals surface area (Å²) in [6.07, 6.45) is 0. The molecule has 0 saturated heterocycles. The highest BCUT2D eigenvalue weighted by Gasteiger charge is 2.18. The molecule has 0 bridgehead atoms. The molecule has 0 aromatic carbocycles. The summed E-state index contributed by atoms with van der Waals surface area (Å²) < 4.78 is 5.19. The molecular formula is C12H19N3O2. The number of carbonyl (C=O) groups is 1. The van der Waals surface area contributed by atoms with E-state index < -0.39 is 0 Å². The second kappa shape index (κ2) is 5.03. The van der Waals surface area contributed by atoms with E-state index in [4.69, 9.17) is 4.74 Å². The maximum atomic E-state index is 11.2. The zero-order chi connectivity index (χ0) is 13.1. The Labute approximate surface area is 102 Å². The highest BCUT2D eigenvalue weighted by molar-refractivity contribution is 5.88. The van der Waals surface area contributed by atoms with Gasteiger partial charge in [-0.05, 0) is 0 Å². The lowest BCUT2D eigenvalue weighted by Crippen LogP contribution is -2.25. The SMILES string of the molecule is CNC(=O)Nc1cc(OC)cc(C(C)(C)C)n1. The third-order valence-electron chi connectivity index (χ3n) is 2.27. The van der Waals surface area contributed by atoms with Gasteiger partial charge in [-0.1, -0.05) is 20.8 Å². The summed E-state index contributed by atoms with van der Waals surface area (Å²) in [5, 5.41) is 5.12. The fraction of sp³-hybridized carbons (Fsp3) is 0.500. The Morgan fingerprint density at radius 2 is 2.00 bits per heavy atom. The Balaban J connectivity index is 3.10. The maximum absolute atomic E-state index is 11.2. The van der Waals surface area contributed by atoms with Crippen LogP contribution in [-0.4, -0.2) is 25.2 Å². The number of carbonyl (C=O) groups excluding carboxylic acids is 1. The number of aromatic nitrogens is 1. The van der Waals surface area contributed by atoms with Crippen molar-refractivity contribution in [3.8, 4) is 5.75 Å². The van der Waals surface area contributed by atoms with Crippen LogP contribution in [0.5, 0.6) is 5.75 Å². The molecule has 0 atom stereocenters. The van der Waals surface area contributed by atoms with Crippen LogP contribution in [0, 0.1) is 0 Å². The van der Waals surface area contributed by atoms with Crippen molar-refractivity contribution in [3.05, 3.63) is 17.8 Å². The fourth-order valence-electron chi connectivity index (χ4n) is 1.25. The van der Waals surface area contributed by atoms with Gasteiger partial charge in [0.25, 0.3) is 0 Å². The molecule has 17 heavy (non-hydrogen) atoms. The first-order chi connectivity index (χ1) is 7.86. The second-order valence-corrected chi connectivity index (χ2v) is 4.73. The van der Waals surface area contributed by atoms with E-state index in [1.807, 2.05) is 6.07 Å². The number of hydrogen-bond acceptors (Lipinski definition) is 3. The van der Waals surface area contributed by atoms with E-state index in [1.54, 1.807) is 20.2 Å². The molecule has 2 N–H and O–H groups in total. The normalized spacial score (nSPS) is 10.9. The Morgan fingerprint density at radius 1 is 1.35 bits per heavy atom. The van der Waals surface area contributed by atoms with Gasteiger partial charge in [0.15, 0.2) is 0 Å². The lowest BCUT2D eigenvalue weighted by Gasteiger charge is -2.19. The van der Waals surface area contributed by atoms with Gasteiger partial charge in [-0.2, -0.15) is 0 Å². The van der Waals surface area contributed by atoms with Crippen molar-refractivity contribution in [1.29, 1.82) is 0 Å². The van der Waals surface area contributed by atoms with Gasteiger partial charge >= 0.3 is 6.03 Å². The number of amides is 2. The predicted molar refractivity (Wildman–Crippen MR) is 67.6 cm³/mol. The monoisotopic (exact) mass is 237 g/mol. The number of ether oxygens (including phenoxy) is 1. The summed E-state index contributed by atoms with van der Waals surface area (Å²) in [5.74, 6) is 1.16. The molecule has 0 saturated carbocycles. The first-order valence-corrected chi connectivity index (χ1v) is 5.42. The van der Waals surface area contributed by atoms with Gasteiger partial charge in [-0.3, -0.25) is 5.32 Å². The molecule has 0 unspecified atom stereocenters. The molecule has 0 radical (unpaired) electrons. The largest absolute Gasteiger partial charge is 0.497 e. The molecular weight excluding hydrogens is 218 g/mol. The highest BCUT2D eigenvalue weighted by atomic mass is 16.5. The Hall–Kier alpha value is -1.78. The van der Waals surface area contributed by atoms with Gasteiger partial charge in [0.1, 0.15) is 11.6 Å². The average molecular weight is 237 g/mol. The fourth-order valence-corrected chi connectivity index (χ4v) is 1.25. The molecule has 0 spiro atoms. The van der Waals surface area contributed by atoms with Crippen LogP contribution < -0.4 is 15.4 Å². The van der Waals surface area contributed by atoms with Crippen LogP contribution in [0.3, 0.4) is 0 Å². The molecule has 0 aliphatic heterocycles. The number of rotatable bonds is 2. The number of methoxy groups -OCH3 is 1. The van der Waals surface area contributed by atoms with Crippen molar-refractivity contribution in [2.45, 2.75) is 26.2 Å². The van der Waals surface area contributed by atoms with Gasteiger partial charge in [-0.15, -0.1) is 0 Å². The third kappa shape index (κ3) is 3.62. The maximum Gasteiger partial charge on any atom is 0.320 e. The number of anilines is 1. The molecule has 0 aliphatic rings. The van der Waals surface area contributed by atoms with E-state index >= 15 is 0 Å². The number of pyridine rings is 1. The first kappa shape index (κ1) is 13.3. The van der Waals surface area contributed by atoms with E-state index in [2.05, 4.69) is 36.4 Å². The molecule has 5 nitrogen and oxygen atoms in total. The molecule has 1 aromatic rings. The summed E-state index contributed by atoms with van der Waals surface area (Å²) in [7, 11) is 3.14. The van der Waals surface area contributed by atoms with Crippen LogP contribution in [0.1, 0.15) is 26.5 Å². The van der Waals surface area contributed by atoms with E-state index in [9.17, 15) is 4.79 Å². The van der Waals surface area contributed by atoms with E-state index in [-0.39, 0.29) is 11.4 Å². The van der Waals surface area contributed by atoms with Crippen LogP contribution in [0.2, 0.25) is 0 Å². The van der Waals surface area contributed by atoms with Crippen molar-refractivity contribution < 1.29 is 9.53 Å². The quantitative estimate of drug-likeness (QED) is 0.828. The van der Waals surface area contributed by atoms with Crippen molar-refractivity contribution in [1.82, 2.24) is 10.3 Å². The number of urea groups is 1. The standard InChI is InChI=1S/C12H19N3O2/c1-12(2,3)9-6-8(17-5)7-10(14-9)15-11(16)13-4/h6-7H,1-5H3,(H2,13,14,15,16). The molecule has 0 fully saturated rings. The summed E-state index contributed by atoms with van der Waals surface area (Å²) in [6.45, 7) is 6.16. The van der Waals surface area contributed by atoms with E-state index in [0.29, 0.717) is 11.6 Å². The van der Waals surface area contributed by atoms with Gasteiger partial charge < -0.3 is 10.1 Å². The predicted octanol–water partition coefficient (Wildman–Crippen LogP) is 2.14. The minimum Gasteiger partial charge on any atom is -0.497 e. The van der Waals surface area contributed by atoms with Crippen molar-refractivity contribution >= 4 is 11.8 Å². The molecule has 1 rings (SSSR count). The van der Waals surface area contributed by atoms with Gasteiger partial charge in [0.05, 0.1) is 12.8 Å². The first-order valence-electron chi connectivity index (χ1n) is 5.42. The molecule has 5 heteroatoms. The van der Waals surface area contributed by atoms with Gasteiger partial charge in [0, 0.05) is 24.6 Å². The Kier molecular flexibility index (Phi) is 3.93. The summed E-state index contributed by atoms with van der Waals surface area (Å²) in [5.41, 5.74) is 0.761. The van der Waals surface area contributed by atoms with Crippen LogP contribution >= 0.6 is 0 Å². The summed E-state index contributed by atoms with van der Waals surface area (Å²) in [4.78, 5) is 15.6. The van der Waals surface area contributed by atoms with E-state index in [0.717, 1.165) is 5.69 Å². The third-order valence-corrected chi connectivity index (χ3v) is 2.27. The van der Waals surface area contributed by atoms with Crippen molar-refractivity contribution in [2.75, 3.05) is 19.5 Å². The van der Waals surface area contributed by atoms with Gasteiger partial charge in [-0.25, -0.2) is 9.78 Å². The van der Waals surface area contributed by atoms with Crippen LogP contribution in [-0.2, 0) is 5.41 Å². The number of hydrogen-bond donors (Lipinski definition) is 2. The number of nitrogens with zero attached hydrogens (tertiary/aromatic N) is 1. The Morgan fingerprint density at radius 3 is 2.47 bits per heavy atom. The topological polar surface area (TPSA) is 63.2 Å². The number of nitrogens with one attached hydrogen (secondary N) is 2. The van der Waals surface area contributed by atoms with Crippen LogP contribution in [0.15, 0.2) is 12.1 Å². The van der Waals surface area contributed by atoms with Crippen molar-refractivity contribution in [3.63, 3.8) is 0 Å². The zero-order valence-electron chi connectivity index (χ0n) is 10.9. The lowest BCUT2D eigenvalue weighted by molar-refractivity contribution is 0.254. The van der Waals surface area contributed by atoms with Crippen molar-refractivity contribution in [2.24, 2.45) is 0 Å². The zero-order valence-corrected chi connectivity index (χ0v) is 10.9. The summed E-state index contributed by atoms with van der Waals surface area (Å²) in [6, 6.07) is 3.25. The smallest absolute Gasteiger partial charge is 0.320 e. The lowest BCUT2D eigenvalue weighted by atomic mass is 9.91. The molecule has 1 heterocycles. The minimum absolute atomic E-state index is 0.104. The minimum atomic E-state index is -0.300. The molecule has 1 aromatic heterocycles. The average Bonchev–Trinajstić information content (AvgIpc) is 2.27. The molecule has 0 aliphatic carbocycles. The highest BCUT2D eigenvalue weighted by Crippen LogP contribution is 2.26. The summed E-state index contributed by atoms with van der Waals surface area (Å²) >= 11 is 0. The van der Waals surface area contributed by atoms with Gasteiger partial charge in [0.2, 0.25) is 0 Å². The molecule has 2 amide bonds. The Bertz CT molecular complexity index is 411. The molecule has 94 valence electrons.